The SMILES string of the molecule is O=C(ONCCCCCCNOC(=O)c1ccccc1)c1ccccc1. The molecule has 0 unspecified atom stereocenters. The molecule has 0 fully saturated rings. The van der Waals surface area contributed by atoms with Crippen molar-refractivity contribution in [1.29, 1.82) is 0 Å². The third-order valence-corrected chi connectivity index (χ3v) is 3.66. The lowest BCUT2D eigenvalue weighted by molar-refractivity contribution is 0.0235. The Hall–Kier alpha value is -2.70. The van der Waals surface area contributed by atoms with Crippen LogP contribution in [0.5, 0.6) is 0 Å². The van der Waals surface area contributed by atoms with Crippen molar-refractivity contribution in [2.24, 2.45) is 0 Å². The highest BCUT2D eigenvalue weighted by molar-refractivity contribution is 5.89. The molecule has 0 saturated carbocycles. The Morgan fingerprint density at radius 2 is 1.00 bits per heavy atom. The minimum Gasteiger partial charge on any atom is -0.367 e. The van der Waals surface area contributed by atoms with Crippen molar-refractivity contribution in [3.05, 3.63) is 71.8 Å². The van der Waals surface area contributed by atoms with Gasteiger partial charge in [0.1, 0.15) is 0 Å². The number of hydrogen-bond acceptors (Lipinski definition) is 6. The van der Waals surface area contributed by atoms with E-state index in [1.54, 1.807) is 48.5 Å². The van der Waals surface area contributed by atoms with Gasteiger partial charge in [0.15, 0.2) is 0 Å². The minimum atomic E-state index is -0.380. The molecule has 6 heteroatoms. The number of benzene rings is 2. The van der Waals surface area contributed by atoms with Crippen LogP contribution in [0.4, 0.5) is 0 Å². The molecule has 0 aliphatic rings. The first-order valence-electron chi connectivity index (χ1n) is 8.75. The van der Waals surface area contributed by atoms with Crippen molar-refractivity contribution in [3.63, 3.8) is 0 Å². The highest BCUT2D eigenvalue weighted by Gasteiger charge is 2.06. The minimum absolute atomic E-state index is 0.380. The number of carbonyl (C=O) groups is 2. The summed E-state index contributed by atoms with van der Waals surface area (Å²) >= 11 is 0. The first-order chi connectivity index (χ1) is 12.8. The molecule has 0 atom stereocenters. The van der Waals surface area contributed by atoms with Gasteiger partial charge in [0.25, 0.3) is 0 Å². The summed E-state index contributed by atoms with van der Waals surface area (Å²) in [6.45, 7) is 1.21. The molecule has 0 saturated heterocycles. The molecule has 0 aliphatic heterocycles. The van der Waals surface area contributed by atoms with E-state index >= 15 is 0 Å². The summed E-state index contributed by atoms with van der Waals surface area (Å²) < 4.78 is 0. The zero-order valence-electron chi connectivity index (χ0n) is 14.6. The predicted molar refractivity (Wildman–Crippen MR) is 98.2 cm³/mol. The van der Waals surface area contributed by atoms with E-state index < -0.39 is 0 Å². The number of rotatable bonds is 11. The fourth-order valence-corrected chi connectivity index (χ4v) is 2.25. The van der Waals surface area contributed by atoms with Crippen LogP contribution in [0.25, 0.3) is 0 Å². The Morgan fingerprint density at radius 1 is 0.615 bits per heavy atom. The zero-order chi connectivity index (χ0) is 18.5. The van der Waals surface area contributed by atoms with Gasteiger partial charge in [-0.25, -0.2) is 9.59 Å². The van der Waals surface area contributed by atoms with Gasteiger partial charge in [-0.2, -0.15) is 11.0 Å². The standard InChI is InChI=1S/C20H24N2O4/c23-19(17-11-5-3-6-12-17)25-21-15-9-1-2-10-16-22-26-20(24)18-13-7-4-8-14-18/h3-8,11-14,21-22H,1-2,9-10,15-16H2. The lowest BCUT2D eigenvalue weighted by Gasteiger charge is -2.07. The fourth-order valence-electron chi connectivity index (χ4n) is 2.25. The Bertz CT molecular complexity index is 603. The van der Waals surface area contributed by atoms with E-state index in [0.717, 1.165) is 25.7 Å². The predicted octanol–water partition coefficient (Wildman–Crippen LogP) is 3.27. The van der Waals surface area contributed by atoms with Crippen molar-refractivity contribution < 1.29 is 19.3 Å². The Kier molecular flexibility index (Phi) is 8.89. The van der Waals surface area contributed by atoms with Gasteiger partial charge in [-0.15, -0.1) is 0 Å². The monoisotopic (exact) mass is 356 g/mol. The summed E-state index contributed by atoms with van der Waals surface area (Å²) in [5, 5.41) is 0. The van der Waals surface area contributed by atoms with Gasteiger partial charge in [-0.05, 0) is 37.1 Å². The fraction of sp³-hybridized carbons (Fsp3) is 0.300. The number of hydroxylamine groups is 2. The second-order valence-electron chi connectivity index (χ2n) is 5.71. The maximum Gasteiger partial charge on any atom is 0.356 e. The van der Waals surface area contributed by atoms with E-state index in [9.17, 15) is 9.59 Å². The van der Waals surface area contributed by atoms with E-state index in [-0.39, 0.29) is 11.9 Å². The molecule has 0 aliphatic carbocycles. The molecule has 26 heavy (non-hydrogen) atoms. The van der Waals surface area contributed by atoms with Crippen molar-refractivity contribution in [2.75, 3.05) is 13.1 Å². The number of unbranched alkanes of at least 4 members (excludes halogenated alkanes) is 3. The van der Waals surface area contributed by atoms with Crippen molar-refractivity contribution in [1.82, 2.24) is 11.0 Å². The molecule has 0 heterocycles. The summed E-state index contributed by atoms with van der Waals surface area (Å²) in [6, 6.07) is 17.7. The highest BCUT2D eigenvalue weighted by atomic mass is 16.7. The molecule has 6 nitrogen and oxygen atoms in total. The summed E-state index contributed by atoms with van der Waals surface area (Å²) in [7, 11) is 0. The molecular weight excluding hydrogens is 332 g/mol. The second kappa shape index (κ2) is 11.8. The summed E-state index contributed by atoms with van der Waals surface area (Å²) in [5.74, 6) is -0.759. The van der Waals surface area contributed by atoms with Crippen LogP contribution < -0.4 is 11.0 Å². The van der Waals surface area contributed by atoms with Crippen LogP contribution in [-0.4, -0.2) is 25.0 Å². The quantitative estimate of drug-likeness (QED) is 0.475. The van der Waals surface area contributed by atoms with Gasteiger partial charge in [0.2, 0.25) is 0 Å². The van der Waals surface area contributed by atoms with Crippen LogP contribution in [0, 0.1) is 0 Å². The van der Waals surface area contributed by atoms with E-state index in [1.165, 1.54) is 0 Å². The Balaban J connectivity index is 1.41. The molecule has 0 radical (unpaired) electrons. The molecule has 0 bridgehead atoms. The van der Waals surface area contributed by atoms with Gasteiger partial charge >= 0.3 is 11.9 Å². The number of hydrogen-bond donors (Lipinski definition) is 2. The zero-order valence-corrected chi connectivity index (χ0v) is 14.6. The Labute approximate surface area is 153 Å². The summed E-state index contributed by atoms with van der Waals surface area (Å²) in [6.07, 6.45) is 3.77. The Morgan fingerprint density at radius 3 is 1.38 bits per heavy atom. The molecule has 0 aromatic heterocycles. The van der Waals surface area contributed by atoms with Crippen LogP contribution in [0.2, 0.25) is 0 Å². The van der Waals surface area contributed by atoms with Crippen LogP contribution in [-0.2, 0) is 9.68 Å². The molecule has 2 aromatic carbocycles. The van der Waals surface area contributed by atoms with Crippen molar-refractivity contribution >= 4 is 11.9 Å². The maximum absolute atomic E-state index is 11.7. The lowest BCUT2D eigenvalue weighted by atomic mass is 10.2. The first kappa shape index (κ1) is 19.6. The van der Waals surface area contributed by atoms with E-state index in [4.69, 9.17) is 9.68 Å². The number of carbonyl (C=O) groups excluding carboxylic acids is 2. The molecule has 2 rings (SSSR count). The topological polar surface area (TPSA) is 76.7 Å². The summed E-state index contributed by atoms with van der Waals surface area (Å²) in [4.78, 5) is 33.3. The third-order valence-electron chi connectivity index (χ3n) is 3.66. The van der Waals surface area contributed by atoms with Gasteiger partial charge in [-0.3, -0.25) is 0 Å². The normalized spacial score (nSPS) is 10.3. The number of nitrogens with one attached hydrogen (secondary N) is 2. The van der Waals surface area contributed by atoms with E-state index in [0.29, 0.717) is 24.2 Å². The van der Waals surface area contributed by atoms with Crippen LogP contribution in [0.3, 0.4) is 0 Å². The molecule has 138 valence electrons. The maximum atomic E-state index is 11.7. The molecule has 0 amide bonds. The van der Waals surface area contributed by atoms with Gasteiger partial charge in [0.05, 0.1) is 11.1 Å². The largest absolute Gasteiger partial charge is 0.367 e. The molecular formula is C20H24N2O4. The van der Waals surface area contributed by atoms with E-state index in [2.05, 4.69) is 11.0 Å². The smallest absolute Gasteiger partial charge is 0.356 e. The van der Waals surface area contributed by atoms with Crippen molar-refractivity contribution in [3.8, 4) is 0 Å². The average Bonchev–Trinajstić information content (AvgIpc) is 2.70. The van der Waals surface area contributed by atoms with Crippen LogP contribution in [0.15, 0.2) is 60.7 Å². The average molecular weight is 356 g/mol. The summed E-state index contributed by atoms with van der Waals surface area (Å²) in [5.41, 5.74) is 6.42. The van der Waals surface area contributed by atoms with Gasteiger partial charge in [-0.1, -0.05) is 49.2 Å². The van der Waals surface area contributed by atoms with Gasteiger partial charge in [0, 0.05) is 13.1 Å². The van der Waals surface area contributed by atoms with Crippen molar-refractivity contribution in [2.45, 2.75) is 25.7 Å². The van der Waals surface area contributed by atoms with Crippen LogP contribution >= 0.6 is 0 Å². The lowest BCUT2D eigenvalue weighted by Crippen LogP contribution is -2.22. The first-order valence-corrected chi connectivity index (χ1v) is 8.75. The van der Waals surface area contributed by atoms with Crippen LogP contribution in [0.1, 0.15) is 46.4 Å². The second-order valence-corrected chi connectivity index (χ2v) is 5.71. The third kappa shape index (κ3) is 7.46. The van der Waals surface area contributed by atoms with E-state index in [1.807, 2.05) is 12.1 Å². The van der Waals surface area contributed by atoms with Gasteiger partial charge < -0.3 is 9.68 Å². The molecule has 0 spiro atoms. The molecule has 2 N–H and O–H groups in total. The molecule has 2 aromatic rings. The highest BCUT2D eigenvalue weighted by Crippen LogP contribution is 2.02.